The van der Waals surface area contributed by atoms with Crippen LogP contribution < -0.4 is 5.32 Å². The molecule has 0 radical (unpaired) electrons. The van der Waals surface area contributed by atoms with E-state index in [2.05, 4.69) is 5.32 Å². The standard InChI is InChI=1S/C9H9NO4S/c11-4-6-1-2-8-7(3-6)10-9(12)5-15(8,13)14/h1-3,11H,4-5H2,(H,10,12). The number of rotatable bonds is 1. The molecular weight excluding hydrogens is 218 g/mol. The smallest absolute Gasteiger partial charge is 0.239 e. The van der Waals surface area contributed by atoms with Crippen molar-refractivity contribution in [2.75, 3.05) is 11.1 Å². The van der Waals surface area contributed by atoms with Gasteiger partial charge < -0.3 is 10.4 Å². The van der Waals surface area contributed by atoms with Crippen molar-refractivity contribution in [1.29, 1.82) is 0 Å². The summed E-state index contributed by atoms with van der Waals surface area (Å²) in [4.78, 5) is 11.2. The predicted octanol–water partition coefficient (Wildman–Crippen LogP) is -0.0953. The number of aliphatic hydroxyl groups is 1. The van der Waals surface area contributed by atoms with E-state index in [1.807, 2.05) is 0 Å². The monoisotopic (exact) mass is 227 g/mol. The van der Waals surface area contributed by atoms with Gasteiger partial charge in [-0.3, -0.25) is 4.79 Å². The summed E-state index contributed by atoms with van der Waals surface area (Å²) in [6, 6.07) is 4.38. The summed E-state index contributed by atoms with van der Waals surface area (Å²) >= 11 is 0. The van der Waals surface area contributed by atoms with Gasteiger partial charge in [-0.2, -0.15) is 0 Å². The molecule has 1 amide bonds. The molecule has 0 aromatic heterocycles. The van der Waals surface area contributed by atoms with E-state index in [0.717, 1.165) is 0 Å². The quantitative estimate of drug-likeness (QED) is 0.702. The predicted molar refractivity (Wildman–Crippen MR) is 53.0 cm³/mol. The first-order chi connectivity index (χ1) is 7.03. The van der Waals surface area contributed by atoms with Crippen molar-refractivity contribution in [3.05, 3.63) is 23.8 Å². The Kier molecular flexibility index (Phi) is 2.24. The molecule has 2 rings (SSSR count). The summed E-state index contributed by atoms with van der Waals surface area (Å²) in [7, 11) is -3.51. The first-order valence-corrected chi connectivity index (χ1v) is 5.94. The molecule has 1 aromatic carbocycles. The van der Waals surface area contributed by atoms with Gasteiger partial charge in [-0.1, -0.05) is 6.07 Å². The zero-order valence-electron chi connectivity index (χ0n) is 7.73. The Balaban J connectivity index is 2.62. The van der Waals surface area contributed by atoms with Crippen LogP contribution in [0.2, 0.25) is 0 Å². The Morgan fingerprint density at radius 2 is 2.13 bits per heavy atom. The zero-order valence-corrected chi connectivity index (χ0v) is 8.54. The first kappa shape index (κ1) is 10.1. The molecule has 15 heavy (non-hydrogen) atoms. The minimum atomic E-state index is -3.51. The van der Waals surface area contributed by atoms with Crippen molar-refractivity contribution in [1.82, 2.24) is 0 Å². The third-order valence-corrected chi connectivity index (χ3v) is 3.83. The number of fused-ring (bicyclic) bond motifs is 1. The lowest BCUT2D eigenvalue weighted by Crippen LogP contribution is -2.29. The van der Waals surface area contributed by atoms with Crippen LogP contribution in [0.25, 0.3) is 0 Å². The number of carbonyl (C=O) groups is 1. The molecule has 0 saturated heterocycles. The topological polar surface area (TPSA) is 83.5 Å². The van der Waals surface area contributed by atoms with E-state index < -0.39 is 21.5 Å². The van der Waals surface area contributed by atoms with E-state index in [9.17, 15) is 13.2 Å². The lowest BCUT2D eigenvalue weighted by atomic mass is 10.2. The highest BCUT2D eigenvalue weighted by molar-refractivity contribution is 7.92. The van der Waals surface area contributed by atoms with E-state index in [1.165, 1.54) is 18.2 Å². The van der Waals surface area contributed by atoms with Gasteiger partial charge in [0, 0.05) is 0 Å². The van der Waals surface area contributed by atoms with Gasteiger partial charge in [-0.05, 0) is 17.7 Å². The average Bonchev–Trinajstić information content (AvgIpc) is 2.15. The molecule has 0 saturated carbocycles. The molecular formula is C9H9NO4S. The van der Waals surface area contributed by atoms with Gasteiger partial charge >= 0.3 is 0 Å². The van der Waals surface area contributed by atoms with Gasteiger partial charge in [-0.15, -0.1) is 0 Å². The number of hydrogen-bond donors (Lipinski definition) is 2. The maximum atomic E-state index is 11.6. The fourth-order valence-electron chi connectivity index (χ4n) is 1.48. The molecule has 1 aliphatic heterocycles. The van der Waals surface area contributed by atoms with Crippen LogP contribution in [-0.4, -0.2) is 25.2 Å². The number of aliphatic hydroxyl groups excluding tert-OH is 1. The SMILES string of the molecule is O=C1CS(=O)(=O)c2ccc(CO)cc2N1. The Labute approximate surface area is 86.7 Å². The van der Waals surface area contributed by atoms with Crippen molar-refractivity contribution in [2.24, 2.45) is 0 Å². The molecule has 2 N–H and O–H groups in total. The van der Waals surface area contributed by atoms with Crippen LogP contribution in [0, 0.1) is 0 Å². The first-order valence-electron chi connectivity index (χ1n) is 4.29. The van der Waals surface area contributed by atoms with Crippen molar-refractivity contribution in [3.8, 4) is 0 Å². The molecule has 0 unspecified atom stereocenters. The molecule has 6 heteroatoms. The fraction of sp³-hybridized carbons (Fsp3) is 0.222. The fourth-order valence-corrected chi connectivity index (χ4v) is 2.77. The molecule has 80 valence electrons. The van der Waals surface area contributed by atoms with Crippen LogP contribution in [0.4, 0.5) is 5.69 Å². The Hall–Kier alpha value is -1.40. The van der Waals surface area contributed by atoms with E-state index >= 15 is 0 Å². The second kappa shape index (κ2) is 3.32. The van der Waals surface area contributed by atoms with Crippen LogP contribution in [0.3, 0.4) is 0 Å². The number of nitrogens with one attached hydrogen (secondary N) is 1. The Morgan fingerprint density at radius 3 is 2.80 bits per heavy atom. The summed E-state index contributed by atoms with van der Waals surface area (Å²) in [5.41, 5.74) is 0.809. The highest BCUT2D eigenvalue weighted by Gasteiger charge is 2.28. The molecule has 1 heterocycles. The third kappa shape index (κ3) is 1.73. The average molecular weight is 227 g/mol. The summed E-state index contributed by atoms with van der Waals surface area (Å²) in [5.74, 6) is -1.06. The van der Waals surface area contributed by atoms with E-state index in [1.54, 1.807) is 0 Å². The van der Waals surface area contributed by atoms with Crippen LogP contribution in [0.1, 0.15) is 5.56 Å². The molecule has 5 nitrogen and oxygen atoms in total. The van der Waals surface area contributed by atoms with Crippen LogP contribution in [-0.2, 0) is 21.2 Å². The van der Waals surface area contributed by atoms with Gasteiger partial charge in [0.05, 0.1) is 17.2 Å². The Bertz CT molecular complexity index is 521. The van der Waals surface area contributed by atoms with Crippen molar-refractivity contribution >= 4 is 21.4 Å². The van der Waals surface area contributed by atoms with E-state index in [0.29, 0.717) is 5.56 Å². The number of amides is 1. The normalized spacial score (nSPS) is 18.1. The minimum absolute atomic E-state index is 0.110. The highest BCUT2D eigenvalue weighted by Crippen LogP contribution is 2.27. The Morgan fingerprint density at radius 1 is 1.40 bits per heavy atom. The number of sulfone groups is 1. The molecule has 0 atom stereocenters. The molecule has 0 spiro atoms. The van der Waals surface area contributed by atoms with E-state index in [4.69, 9.17) is 5.11 Å². The lowest BCUT2D eigenvalue weighted by Gasteiger charge is -2.17. The highest BCUT2D eigenvalue weighted by atomic mass is 32.2. The minimum Gasteiger partial charge on any atom is -0.392 e. The summed E-state index contributed by atoms with van der Waals surface area (Å²) in [6.45, 7) is -0.191. The summed E-state index contributed by atoms with van der Waals surface area (Å²) < 4.78 is 23.1. The van der Waals surface area contributed by atoms with Gasteiger partial charge in [0.2, 0.25) is 5.91 Å². The second-order valence-electron chi connectivity index (χ2n) is 3.30. The van der Waals surface area contributed by atoms with Gasteiger partial charge in [0.15, 0.2) is 9.84 Å². The maximum absolute atomic E-state index is 11.6. The summed E-state index contributed by atoms with van der Waals surface area (Å²) in [5, 5.41) is 11.3. The van der Waals surface area contributed by atoms with E-state index in [-0.39, 0.29) is 17.2 Å². The second-order valence-corrected chi connectivity index (χ2v) is 5.25. The van der Waals surface area contributed by atoms with Gasteiger partial charge in [0.25, 0.3) is 0 Å². The molecule has 0 fully saturated rings. The number of carbonyl (C=O) groups excluding carboxylic acids is 1. The van der Waals surface area contributed by atoms with Crippen LogP contribution in [0.15, 0.2) is 23.1 Å². The van der Waals surface area contributed by atoms with Crippen molar-refractivity contribution in [2.45, 2.75) is 11.5 Å². The molecule has 0 aliphatic carbocycles. The molecule has 1 aromatic rings. The van der Waals surface area contributed by atoms with Gasteiger partial charge in [-0.25, -0.2) is 8.42 Å². The third-order valence-electron chi connectivity index (χ3n) is 2.16. The van der Waals surface area contributed by atoms with Crippen LogP contribution >= 0.6 is 0 Å². The van der Waals surface area contributed by atoms with Crippen molar-refractivity contribution in [3.63, 3.8) is 0 Å². The number of benzene rings is 1. The molecule has 1 aliphatic rings. The zero-order chi connectivity index (χ0) is 11.1. The number of anilines is 1. The maximum Gasteiger partial charge on any atom is 0.239 e. The van der Waals surface area contributed by atoms with Gasteiger partial charge in [0.1, 0.15) is 5.75 Å². The largest absolute Gasteiger partial charge is 0.392 e. The van der Waals surface area contributed by atoms with Crippen LogP contribution in [0.5, 0.6) is 0 Å². The lowest BCUT2D eigenvalue weighted by molar-refractivity contribution is -0.114. The van der Waals surface area contributed by atoms with Crippen molar-refractivity contribution < 1.29 is 18.3 Å². The summed E-state index contributed by atoms with van der Waals surface area (Å²) in [6.07, 6.45) is 0. The molecule has 0 bridgehead atoms. The number of hydrogen-bond acceptors (Lipinski definition) is 4.